The lowest BCUT2D eigenvalue weighted by molar-refractivity contribution is -0.346. The van der Waals surface area contributed by atoms with E-state index in [1.54, 1.807) is 36.4 Å². The van der Waals surface area contributed by atoms with E-state index < -0.39 is 150 Å². The summed E-state index contributed by atoms with van der Waals surface area (Å²) in [5.74, 6) is -9.81. The molecule has 0 spiro atoms. The molecular formula is C52H66N2O20. The van der Waals surface area contributed by atoms with Gasteiger partial charge in [-0.2, -0.15) is 0 Å². The van der Waals surface area contributed by atoms with E-state index in [0.717, 1.165) is 13.8 Å². The number of carboxylic acid groups (broad SMARTS) is 1. The molecule has 74 heavy (non-hydrogen) atoms. The summed E-state index contributed by atoms with van der Waals surface area (Å²) < 4.78 is 45.8. The normalized spacial score (nSPS) is 29.0. The second-order valence-electron chi connectivity index (χ2n) is 19.7. The van der Waals surface area contributed by atoms with Crippen LogP contribution in [0.3, 0.4) is 0 Å². The fourth-order valence-electron chi connectivity index (χ4n) is 10.9. The molecule has 0 radical (unpaired) electrons. The van der Waals surface area contributed by atoms with E-state index in [1.165, 1.54) is 59.1 Å². The van der Waals surface area contributed by atoms with Crippen LogP contribution in [0.1, 0.15) is 89.2 Å². The van der Waals surface area contributed by atoms with Crippen LogP contribution < -0.4 is 10.6 Å². The molecule has 3 aliphatic carbocycles. The number of ketones is 1. The van der Waals surface area contributed by atoms with E-state index in [-0.39, 0.29) is 55.1 Å². The first kappa shape index (κ1) is 57.1. The van der Waals surface area contributed by atoms with Crippen LogP contribution in [0.15, 0.2) is 71.8 Å². The molecule has 22 nitrogen and oxygen atoms in total. The van der Waals surface area contributed by atoms with Crippen molar-refractivity contribution in [1.82, 2.24) is 10.6 Å². The van der Waals surface area contributed by atoms with Gasteiger partial charge in [0.25, 0.3) is 0 Å². The van der Waals surface area contributed by atoms with Crippen molar-refractivity contribution in [3.05, 3.63) is 82.9 Å². The number of esters is 4. The molecule has 2 bridgehead atoms. The average molecular weight is 1040 g/mol. The Hall–Kier alpha value is -6.14. The quantitative estimate of drug-likeness (QED) is 0.0421. The summed E-state index contributed by atoms with van der Waals surface area (Å²) in [5.41, 5.74) is -8.08. The molecule has 6 rings (SSSR count). The fourth-order valence-corrected chi connectivity index (χ4v) is 10.9. The van der Waals surface area contributed by atoms with E-state index in [1.807, 2.05) is 0 Å². The minimum atomic E-state index is -2.50. The standard InChI is InChI=1S/C52H66N2O20/c1-28-34(72-48(65)41(61)40(31-14-10-8-11-15-31)54-46(63)33(18-19-38(59)60)53-37(58)26-69-23-22-68-21-20-67-7)25-52(66)45(73-47(64)32-16-12-9-13-17-32)43-50(6,35(57)24-36-51(43,27-70-36)74-30(3)56)44(62)42(71-29(2)55)39(28)49(52,4)5/h8-17,33-36,40-43,45,57,61,66H,18-27H2,1-7H3,(H,53,58)(H,54,63)(H,59,60)/t33-,34+,35+,36-,40+,41-,42-,43+,45+,50-,51+,52-/m1/s1. The predicted octanol–water partition coefficient (Wildman–Crippen LogP) is 1.45. The van der Waals surface area contributed by atoms with Crippen LogP contribution in [0, 0.1) is 16.7 Å². The molecule has 0 aromatic heterocycles. The number of aliphatic hydroxyl groups excluding tert-OH is 2. The number of carbonyl (C=O) groups excluding carboxylic acids is 7. The number of benzene rings is 2. The minimum Gasteiger partial charge on any atom is -0.481 e. The van der Waals surface area contributed by atoms with Gasteiger partial charge in [-0.1, -0.05) is 62.4 Å². The first-order valence-electron chi connectivity index (χ1n) is 24.2. The third kappa shape index (κ3) is 11.6. The molecule has 1 aliphatic heterocycles. The van der Waals surface area contributed by atoms with Gasteiger partial charge in [0.15, 0.2) is 23.6 Å². The summed E-state index contributed by atoms with van der Waals surface area (Å²) in [7, 11) is 1.51. The number of fused-ring (bicyclic) bond motifs is 5. The molecule has 2 saturated carbocycles. The van der Waals surface area contributed by atoms with Crippen molar-refractivity contribution in [3.8, 4) is 0 Å². The number of carboxylic acids is 1. The average Bonchev–Trinajstić information content (AvgIpc) is 3.35. The number of aliphatic hydroxyl groups is 3. The maximum absolute atomic E-state index is 15.6. The molecular weight excluding hydrogens is 973 g/mol. The summed E-state index contributed by atoms with van der Waals surface area (Å²) in [4.78, 5) is 109. The van der Waals surface area contributed by atoms with Crippen LogP contribution in [0.2, 0.25) is 0 Å². The number of amides is 2. The van der Waals surface area contributed by atoms with E-state index in [2.05, 4.69) is 10.6 Å². The Morgan fingerprint density at radius 1 is 0.851 bits per heavy atom. The van der Waals surface area contributed by atoms with Crippen LogP contribution in [-0.2, 0) is 71.5 Å². The van der Waals surface area contributed by atoms with Gasteiger partial charge in [0, 0.05) is 45.6 Å². The van der Waals surface area contributed by atoms with E-state index in [4.69, 9.17) is 37.9 Å². The maximum atomic E-state index is 15.6. The molecule has 12 atom stereocenters. The molecule has 0 unspecified atom stereocenters. The number of rotatable bonds is 22. The third-order valence-electron chi connectivity index (χ3n) is 14.8. The van der Waals surface area contributed by atoms with Gasteiger partial charge in [0.05, 0.1) is 62.1 Å². The Morgan fingerprint density at radius 3 is 2.08 bits per heavy atom. The minimum absolute atomic E-state index is 0.00728. The smallest absolute Gasteiger partial charge is 0.338 e. The number of carbonyl (C=O) groups is 8. The zero-order chi connectivity index (χ0) is 54.3. The second kappa shape index (κ2) is 23.6. The van der Waals surface area contributed by atoms with Crippen LogP contribution in [0.4, 0.5) is 0 Å². The van der Waals surface area contributed by atoms with Crippen molar-refractivity contribution >= 4 is 47.4 Å². The van der Waals surface area contributed by atoms with Crippen molar-refractivity contribution < 1.29 is 96.7 Å². The van der Waals surface area contributed by atoms with Gasteiger partial charge in [-0.3, -0.25) is 28.8 Å². The topological polar surface area (TPSA) is 315 Å². The maximum Gasteiger partial charge on any atom is 0.338 e. The lowest BCUT2D eigenvalue weighted by atomic mass is 9.44. The Labute approximate surface area is 427 Å². The highest BCUT2D eigenvalue weighted by molar-refractivity contribution is 5.96. The Balaban J connectivity index is 1.40. The van der Waals surface area contributed by atoms with Crippen molar-refractivity contribution in [3.63, 3.8) is 0 Å². The monoisotopic (exact) mass is 1040 g/mol. The third-order valence-corrected chi connectivity index (χ3v) is 14.8. The summed E-state index contributed by atoms with van der Waals surface area (Å²) >= 11 is 0. The number of ether oxygens (including phenoxy) is 8. The Bertz CT molecular complexity index is 2450. The van der Waals surface area contributed by atoms with Gasteiger partial charge in [-0.15, -0.1) is 0 Å². The van der Waals surface area contributed by atoms with Gasteiger partial charge in [0.2, 0.25) is 11.8 Å². The van der Waals surface area contributed by atoms with Crippen molar-refractivity contribution in [1.29, 1.82) is 0 Å². The van der Waals surface area contributed by atoms with Gasteiger partial charge < -0.3 is 69.0 Å². The molecule has 1 saturated heterocycles. The van der Waals surface area contributed by atoms with E-state index >= 15 is 4.79 Å². The van der Waals surface area contributed by atoms with Gasteiger partial charge in [-0.25, -0.2) is 9.59 Å². The first-order valence-corrected chi connectivity index (χ1v) is 24.2. The fraction of sp³-hybridized carbons (Fsp3) is 0.577. The summed E-state index contributed by atoms with van der Waals surface area (Å²) in [6, 6.07) is 12.2. The van der Waals surface area contributed by atoms with Crippen molar-refractivity contribution in [2.75, 3.05) is 46.8 Å². The Morgan fingerprint density at radius 2 is 1.49 bits per heavy atom. The molecule has 3 fully saturated rings. The largest absolute Gasteiger partial charge is 0.481 e. The molecule has 4 aliphatic rings. The lowest BCUT2D eigenvalue weighted by Gasteiger charge is -2.67. The number of methoxy groups -OCH3 is 1. The lowest BCUT2D eigenvalue weighted by Crippen LogP contribution is -2.82. The second-order valence-corrected chi connectivity index (χ2v) is 19.7. The molecule has 2 aromatic carbocycles. The van der Waals surface area contributed by atoms with Gasteiger partial charge >= 0.3 is 29.8 Å². The highest BCUT2D eigenvalue weighted by Gasteiger charge is 2.78. The molecule has 2 aromatic rings. The summed E-state index contributed by atoms with van der Waals surface area (Å²) in [5, 5.41) is 52.4. The summed E-state index contributed by atoms with van der Waals surface area (Å²) in [6.45, 7) is 7.85. The highest BCUT2D eigenvalue weighted by atomic mass is 16.6. The van der Waals surface area contributed by atoms with Crippen LogP contribution >= 0.6 is 0 Å². The Kier molecular flexibility index (Phi) is 18.2. The van der Waals surface area contributed by atoms with Crippen molar-refractivity contribution in [2.24, 2.45) is 16.7 Å². The molecule has 2 amide bonds. The van der Waals surface area contributed by atoms with Crippen LogP contribution in [-0.4, -0.2) is 168 Å². The number of hydrogen-bond donors (Lipinski definition) is 6. The SMILES string of the molecule is COCCOCCOCC(=O)N[C@H](CCC(=O)O)C(=O)N[C@@H](c1ccccc1)[C@@H](O)C(=O)O[C@H]1C[C@@]2(O)[C@@H](OC(=O)c3ccccc3)[C@@H]3[C@]4(OC(C)=O)CO[C@@H]4C[C@H](O)[C@@]3(C)C(=O)[C@H](OC(C)=O)C(=C1C)C2(C)C. The molecule has 1 heterocycles. The van der Waals surface area contributed by atoms with Gasteiger partial charge in [0.1, 0.15) is 36.6 Å². The molecule has 22 heteroatoms. The number of nitrogens with one attached hydrogen (secondary N) is 2. The zero-order valence-corrected chi connectivity index (χ0v) is 42.4. The van der Waals surface area contributed by atoms with E-state index in [9.17, 15) is 54.0 Å². The predicted molar refractivity (Wildman–Crippen MR) is 254 cm³/mol. The highest BCUT2D eigenvalue weighted by Crippen LogP contribution is 2.64. The first-order chi connectivity index (χ1) is 34.9. The number of aliphatic carboxylic acids is 1. The number of hydrogen-bond acceptors (Lipinski definition) is 19. The molecule has 404 valence electrons. The van der Waals surface area contributed by atoms with Crippen molar-refractivity contribution in [2.45, 2.75) is 127 Å². The van der Waals surface area contributed by atoms with Crippen LogP contribution in [0.25, 0.3) is 0 Å². The van der Waals surface area contributed by atoms with Crippen LogP contribution in [0.5, 0.6) is 0 Å². The van der Waals surface area contributed by atoms with Gasteiger partial charge in [-0.05, 0) is 49.1 Å². The molecule has 6 N–H and O–H groups in total. The zero-order valence-electron chi connectivity index (χ0n) is 42.4. The van der Waals surface area contributed by atoms with E-state index in [0.29, 0.717) is 6.61 Å². The summed E-state index contributed by atoms with van der Waals surface area (Å²) in [6.07, 6.45) is -12.4. The number of Topliss-reactive ketones (excluding diaryl/α,β-unsaturated/α-hetero) is 1.